The van der Waals surface area contributed by atoms with E-state index in [-0.39, 0.29) is 11.5 Å². The Morgan fingerprint density at radius 2 is 2.13 bits per heavy atom. The molecule has 2 rings (SSSR count). The molecule has 0 aliphatic rings. The van der Waals surface area contributed by atoms with Gasteiger partial charge < -0.3 is 20.5 Å². The second-order valence-corrected chi connectivity index (χ2v) is 3.55. The molecule has 2 aromatic rings. The van der Waals surface area contributed by atoms with Gasteiger partial charge in [-0.25, -0.2) is 0 Å². The Morgan fingerprint density at radius 3 is 2.87 bits per heavy atom. The Hall–Kier alpha value is -1.68. The summed E-state index contributed by atoms with van der Waals surface area (Å²) in [5, 5.41) is 22.9. The van der Waals surface area contributed by atoms with Gasteiger partial charge in [-0.1, -0.05) is 0 Å². The molecule has 4 nitrogen and oxygen atoms in total. The minimum absolute atomic E-state index is 0.0804. The number of hydrogen-bond donors (Lipinski definition) is 4. The number of nitrogens with one attached hydrogen (secondary N) is 2. The number of hydrogen-bond acceptors (Lipinski definition) is 3. The molecule has 0 amide bonds. The summed E-state index contributed by atoms with van der Waals surface area (Å²) in [5.41, 5.74) is 1.64. The maximum atomic E-state index is 9.60. The molecule has 0 saturated carbocycles. The van der Waals surface area contributed by atoms with E-state index >= 15 is 0 Å². The molecule has 15 heavy (non-hydrogen) atoms. The molecule has 0 unspecified atom stereocenters. The molecule has 80 valence electrons. The van der Waals surface area contributed by atoms with E-state index < -0.39 is 0 Å². The molecule has 0 fully saturated rings. The minimum atomic E-state index is -0.0930. The number of benzene rings is 1. The van der Waals surface area contributed by atoms with Crippen LogP contribution in [-0.2, 0) is 6.42 Å². The Labute approximate surface area is 87.6 Å². The molecule has 0 aliphatic heterocycles. The molecule has 4 N–H and O–H groups in total. The molecule has 1 aromatic heterocycles. The van der Waals surface area contributed by atoms with Crippen molar-refractivity contribution >= 4 is 10.9 Å². The molecular weight excluding hydrogens is 192 g/mol. The average Bonchev–Trinajstić information content (AvgIpc) is 2.64. The highest BCUT2D eigenvalue weighted by Crippen LogP contribution is 2.33. The zero-order valence-electron chi connectivity index (χ0n) is 8.54. The maximum absolute atomic E-state index is 9.60. The van der Waals surface area contributed by atoms with Gasteiger partial charge in [0.05, 0.1) is 5.52 Å². The number of aromatic hydroxyl groups is 2. The minimum Gasteiger partial charge on any atom is -0.504 e. The van der Waals surface area contributed by atoms with Gasteiger partial charge in [0, 0.05) is 17.6 Å². The van der Waals surface area contributed by atoms with E-state index in [1.165, 1.54) is 6.07 Å². The van der Waals surface area contributed by atoms with Crippen LogP contribution in [0.1, 0.15) is 5.69 Å². The van der Waals surface area contributed by atoms with E-state index in [4.69, 9.17) is 0 Å². The third-order valence-electron chi connectivity index (χ3n) is 2.45. The number of phenols is 2. The quantitative estimate of drug-likeness (QED) is 0.573. The van der Waals surface area contributed by atoms with Crippen LogP contribution in [0.3, 0.4) is 0 Å². The van der Waals surface area contributed by atoms with Crippen LogP contribution in [0.5, 0.6) is 11.5 Å². The van der Waals surface area contributed by atoms with Crippen molar-refractivity contribution in [2.75, 3.05) is 13.6 Å². The molecule has 0 atom stereocenters. The zero-order chi connectivity index (χ0) is 10.8. The van der Waals surface area contributed by atoms with Crippen molar-refractivity contribution in [1.29, 1.82) is 0 Å². The number of H-pyrrole nitrogens is 1. The second kappa shape index (κ2) is 3.82. The van der Waals surface area contributed by atoms with Crippen LogP contribution in [0.4, 0.5) is 0 Å². The number of rotatable bonds is 3. The van der Waals surface area contributed by atoms with Gasteiger partial charge in [-0.15, -0.1) is 0 Å². The van der Waals surface area contributed by atoms with Gasteiger partial charge >= 0.3 is 0 Å². The third-order valence-corrected chi connectivity index (χ3v) is 2.45. The lowest BCUT2D eigenvalue weighted by Gasteiger charge is -1.97. The lowest BCUT2D eigenvalue weighted by atomic mass is 10.2. The first-order valence-corrected chi connectivity index (χ1v) is 4.89. The van der Waals surface area contributed by atoms with E-state index in [1.807, 2.05) is 13.1 Å². The predicted molar refractivity (Wildman–Crippen MR) is 59.3 cm³/mol. The van der Waals surface area contributed by atoms with Crippen LogP contribution in [0.2, 0.25) is 0 Å². The van der Waals surface area contributed by atoms with Crippen molar-refractivity contribution in [1.82, 2.24) is 10.3 Å². The van der Waals surface area contributed by atoms with Crippen LogP contribution in [-0.4, -0.2) is 28.8 Å². The first-order chi connectivity index (χ1) is 7.22. The Morgan fingerprint density at radius 1 is 1.33 bits per heavy atom. The normalized spacial score (nSPS) is 11.0. The summed E-state index contributed by atoms with van der Waals surface area (Å²) < 4.78 is 0. The fraction of sp³-hybridized carbons (Fsp3) is 0.273. The van der Waals surface area contributed by atoms with Gasteiger partial charge in [-0.05, 0) is 31.7 Å². The topological polar surface area (TPSA) is 68.3 Å². The fourth-order valence-electron chi connectivity index (χ4n) is 1.63. The van der Waals surface area contributed by atoms with Crippen LogP contribution >= 0.6 is 0 Å². The fourth-order valence-corrected chi connectivity index (χ4v) is 1.63. The highest BCUT2D eigenvalue weighted by molar-refractivity contribution is 5.88. The molecule has 0 saturated heterocycles. The lowest BCUT2D eigenvalue weighted by Crippen LogP contribution is -2.10. The number of phenolic OH excluding ortho intramolecular Hbond substituents is 2. The highest BCUT2D eigenvalue weighted by Gasteiger charge is 2.08. The van der Waals surface area contributed by atoms with Crippen LogP contribution in [0.15, 0.2) is 18.2 Å². The summed E-state index contributed by atoms with van der Waals surface area (Å²) in [6.45, 7) is 0.875. The monoisotopic (exact) mass is 206 g/mol. The van der Waals surface area contributed by atoms with Gasteiger partial charge in [0.15, 0.2) is 11.5 Å². The molecule has 0 radical (unpaired) electrons. The SMILES string of the molecule is CNCCc1cc2ccc(O)c(O)c2[nH]1. The summed E-state index contributed by atoms with van der Waals surface area (Å²) in [7, 11) is 1.89. The van der Waals surface area contributed by atoms with Gasteiger partial charge in [0.1, 0.15) is 0 Å². The van der Waals surface area contributed by atoms with Crippen molar-refractivity contribution in [3.63, 3.8) is 0 Å². The Bertz CT molecular complexity index is 477. The molecule has 1 heterocycles. The first kappa shape index (κ1) is 9.86. The lowest BCUT2D eigenvalue weighted by molar-refractivity contribution is 0.407. The van der Waals surface area contributed by atoms with Crippen molar-refractivity contribution < 1.29 is 10.2 Å². The maximum Gasteiger partial charge on any atom is 0.182 e. The zero-order valence-corrected chi connectivity index (χ0v) is 8.54. The number of aromatic amines is 1. The molecule has 1 aromatic carbocycles. The van der Waals surface area contributed by atoms with Crippen LogP contribution in [0, 0.1) is 0 Å². The number of likely N-dealkylation sites (N-methyl/N-ethyl adjacent to an activating group) is 1. The Kier molecular flexibility index (Phi) is 2.51. The van der Waals surface area contributed by atoms with E-state index in [0.29, 0.717) is 5.52 Å². The number of fused-ring (bicyclic) bond motifs is 1. The second-order valence-electron chi connectivity index (χ2n) is 3.55. The standard InChI is InChI=1S/C11H14N2O2/c1-12-5-4-8-6-7-2-3-9(14)11(15)10(7)13-8/h2-3,6,12-15H,4-5H2,1H3. The molecular formula is C11H14N2O2. The molecule has 4 heteroatoms. The van der Waals surface area contributed by atoms with E-state index in [2.05, 4.69) is 10.3 Å². The predicted octanol–water partition coefficient (Wildman–Crippen LogP) is 1.34. The first-order valence-electron chi connectivity index (χ1n) is 4.89. The van der Waals surface area contributed by atoms with Gasteiger partial charge in [0.25, 0.3) is 0 Å². The summed E-state index contributed by atoms with van der Waals surface area (Å²) in [5.74, 6) is -0.173. The van der Waals surface area contributed by atoms with E-state index in [1.54, 1.807) is 6.07 Å². The van der Waals surface area contributed by atoms with Crippen LogP contribution < -0.4 is 5.32 Å². The largest absolute Gasteiger partial charge is 0.504 e. The van der Waals surface area contributed by atoms with E-state index in [9.17, 15) is 10.2 Å². The Balaban J connectivity index is 2.42. The summed E-state index contributed by atoms with van der Waals surface area (Å²) in [6, 6.07) is 5.25. The van der Waals surface area contributed by atoms with Crippen molar-refractivity contribution in [2.45, 2.75) is 6.42 Å². The molecule has 0 aliphatic carbocycles. The van der Waals surface area contributed by atoms with Gasteiger partial charge in [0.2, 0.25) is 0 Å². The van der Waals surface area contributed by atoms with Crippen molar-refractivity contribution in [2.24, 2.45) is 0 Å². The highest BCUT2D eigenvalue weighted by atomic mass is 16.3. The van der Waals surface area contributed by atoms with Gasteiger partial charge in [-0.2, -0.15) is 0 Å². The van der Waals surface area contributed by atoms with E-state index in [0.717, 1.165) is 24.0 Å². The van der Waals surface area contributed by atoms with Gasteiger partial charge in [-0.3, -0.25) is 0 Å². The van der Waals surface area contributed by atoms with Crippen molar-refractivity contribution in [3.05, 3.63) is 23.9 Å². The van der Waals surface area contributed by atoms with Crippen LogP contribution in [0.25, 0.3) is 10.9 Å². The average molecular weight is 206 g/mol. The summed E-state index contributed by atoms with van der Waals surface area (Å²) in [4.78, 5) is 3.09. The third kappa shape index (κ3) is 1.76. The van der Waals surface area contributed by atoms with Crippen molar-refractivity contribution in [3.8, 4) is 11.5 Å². The molecule has 0 spiro atoms. The summed E-state index contributed by atoms with van der Waals surface area (Å²) in [6.07, 6.45) is 0.866. The molecule has 0 bridgehead atoms. The smallest absolute Gasteiger partial charge is 0.182 e. The number of aromatic nitrogens is 1. The summed E-state index contributed by atoms with van der Waals surface area (Å²) >= 11 is 0.